The molecule has 0 amide bonds. The van der Waals surface area contributed by atoms with Crippen molar-refractivity contribution in [2.75, 3.05) is 17.7 Å². The number of fused-ring (bicyclic) bond motifs is 1. The van der Waals surface area contributed by atoms with Crippen molar-refractivity contribution >= 4 is 22.9 Å². The third-order valence-corrected chi connectivity index (χ3v) is 2.92. The number of nitrogen functional groups attached to an aromatic ring is 1. The van der Waals surface area contributed by atoms with Gasteiger partial charge in [0.05, 0.1) is 5.69 Å². The van der Waals surface area contributed by atoms with Crippen LogP contribution < -0.4 is 15.8 Å². The molecule has 0 saturated carbocycles. The van der Waals surface area contributed by atoms with Crippen LogP contribution in [-0.2, 0) is 0 Å². The van der Waals surface area contributed by atoms with Gasteiger partial charge in [-0.05, 0) is 30.3 Å². The van der Waals surface area contributed by atoms with Gasteiger partial charge in [0, 0.05) is 5.69 Å². The quantitative estimate of drug-likeness (QED) is 0.627. The normalized spacial score (nSPS) is 15.3. The zero-order valence-electron chi connectivity index (χ0n) is 10.7. The zero-order valence-corrected chi connectivity index (χ0v) is 10.7. The van der Waals surface area contributed by atoms with Gasteiger partial charge in [-0.2, -0.15) is 0 Å². The molecule has 0 spiro atoms. The highest BCUT2D eigenvalue weighted by atomic mass is 19.2. The second-order valence-corrected chi connectivity index (χ2v) is 4.42. The fourth-order valence-electron chi connectivity index (χ4n) is 1.92. The fraction of sp³-hybridized carbons (Fsp3) is 0.0714. The predicted molar refractivity (Wildman–Crippen MR) is 73.4 cm³/mol. The number of benzene rings is 2. The molecule has 2 aromatic rings. The highest BCUT2D eigenvalue weighted by molar-refractivity contribution is 6.01. The largest absolute Gasteiger partial charge is 0.484 e. The minimum Gasteiger partial charge on any atom is -0.484 e. The highest BCUT2D eigenvalue weighted by Crippen LogP contribution is 2.30. The van der Waals surface area contributed by atoms with Gasteiger partial charge in [-0.25, -0.2) is 18.2 Å². The summed E-state index contributed by atoms with van der Waals surface area (Å²) in [5.74, 6) is -3.32. The van der Waals surface area contributed by atoms with Gasteiger partial charge in [0.25, 0.3) is 0 Å². The molecule has 0 fully saturated rings. The summed E-state index contributed by atoms with van der Waals surface area (Å²) in [5.41, 5.74) is 6.43. The summed E-state index contributed by atoms with van der Waals surface area (Å²) in [6, 6.07) is 6.86. The maximum absolute atomic E-state index is 13.6. The monoisotopic (exact) mass is 293 g/mol. The predicted octanol–water partition coefficient (Wildman–Crippen LogP) is 3.22. The summed E-state index contributed by atoms with van der Waals surface area (Å²) >= 11 is 0. The van der Waals surface area contributed by atoms with E-state index >= 15 is 0 Å². The molecule has 21 heavy (non-hydrogen) atoms. The van der Waals surface area contributed by atoms with Gasteiger partial charge < -0.3 is 15.8 Å². The van der Waals surface area contributed by atoms with E-state index in [1.54, 1.807) is 18.2 Å². The summed E-state index contributed by atoms with van der Waals surface area (Å²) in [6.45, 7) is 0.0509. The van der Waals surface area contributed by atoms with E-state index in [0.29, 0.717) is 17.1 Å². The van der Waals surface area contributed by atoms with Crippen LogP contribution in [0.2, 0.25) is 0 Å². The van der Waals surface area contributed by atoms with Crippen LogP contribution in [0, 0.1) is 17.5 Å². The maximum atomic E-state index is 13.6. The van der Waals surface area contributed by atoms with Gasteiger partial charge in [0.2, 0.25) is 0 Å². The summed E-state index contributed by atoms with van der Waals surface area (Å²) in [5, 5.41) is 2.91. The molecular formula is C14H10F3N3O. The second-order valence-electron chi connectivity index (χ2n) is 4.42. The molecule has 3 N–H and O–H groups in total. The second kappa shape index (κ2) is 5.01. The van der Waals surface area contributed by atoms with E-state index in [1.165, 1.54) is 0 Å². The molecule has 1 heterocycles. The number of anilines is 2. The van der Waals surface area contributed by atoms with Crippen molar-refractivity contribution < 1.29 is 17.9 Å². The van der Waals surface area contributed by atoms with Crippen molar-refractivity contribution in [3.63, 3.8) is 0 Å². The third-order valence-electron chi connectivity index (χ3n) is 2.92. The van der Waals surface area contributed by atoms with Crippen LogP contribution in [0.15, 0.2) is 35.3 Å². The van der Waals surface area contributed by atoms with E-state index in [1.807, 2.05) is 0 Å². The number of rotatable bonds is 1. The topological polar surface area (TPSA) is 59.6 Å². The summed E-state index contributed by atoms with van der Waals surface area (Å²) in [6.07, 6.45) is 0. The number of ether oxygens (including phenoxy) is 1. The Morgan fingerprint density at radius 3 is 2.71 bits per heavy atom. The number of aliphatic imine (C=N–C) groups is 1. The van der Waals surface area contributed by atoms with Crippen LogP contribution >= 0.6 is 0 Å². The lowest BCUT2D eigenvalue weighted by atomic mass is 10.2. The first-order valence-corrected chi connectivity index (χ1v) is 6.05. The average Bonchev–Trinajstić information content (AvgIpc) is 2.47. The molecule has 2 aromatic carbocycles. The molecule has 0 saturated heterocycles. The number of amidine groups is 1. The molecular weight excluding hydrogens is 283 g/mol. The third kappa shape index (κ3) is 2.49. The van der Waals surface area contributed by atoms with Crippen LogP contribution in [0.1, 0.15) is 0 Å². The molecule has 108 valence electrons. The van der Waals surface area contributed by atoms with E-state index in [2.05, 4.69) is 10.3 Å². The first-order valence-electron chi connectivity index (χ1n) is 6.05. The van der Waals surface area contributed by atoms with Gasteiger partial charge in [0.15, 0.2) is 17.5 Å². The van der Waals surface area contributed by atoms with Crippen molar-refractivity contribution in [2.24, 2.45) is 4.99 Å². The van der Waals surface area contributed by atoms with Crippen LogP contribution in [0.4, 0.5) is 30.2 Å². The van der Waals surface area contributed by atoms with Crippen molar-refractivity contribution in [3.05, 3.63) is 47.8 Å². The minimum atomic E-state index is -1.56. The lowest BCUT2D eigenvalue weighted by Crippen LogP contribution is -2.25. The van der Waals surface area contributed by atoms with E-state index in [0.717, 1.165) is 12.1 Å². The van der Waals surface area contributed by atoms with Crippen molar-refractivity contribution in [2.45, 2.75) is 0 Å². The molecule has 0 aromatic heterocycles. The molecule has 7 heteroatoms. The molecule has 0 bridgehead atoms. The summed E-state index contributed by atoms with van der Waals surface area (Å²) in [7, 11) is 0. The molecule has 0 radical (unpaired) electrons. The number of nitrogens with one attached hydrogen (secondary N) is 1. The molecule has 3 rings (SSSR count). The van der Waals surface area contributed by atoms with Crippen LogP contribution in [-0.4, -0.2) is 12.4 Å². The Bertz CT molecular complexity index is 746. The molecule has 0 aliphatic carbocycles. The van der Waals surface area contributed by atoms with Crippen LogP contribution in [0.25, 0.3) is 0 Å². The van der Waals surface area contributed by atoms with Crippen molar-refractivity contribution in [1.82, 2.24) is 0 Å². The number of halogens is 3. The first kappa shape index (κ1) is 13.3. The summed E-state index contributed by atoms with van der Waals surface area (Å²) < 4.78 is 45.0. The number of nitrogens with two attached hydrogens (primary N) is 1. The van der Waals surface area contributed by atoms with Crippen LogP contribution in [0.5, 0.6) is 5.75 Å². The van der Waals surface area contributed by atoms with Crippen molar-refractivity contribution in [3.8, 4) is 5.75 Å². The van der Waals surface area contributed by atoms with Gasteiger partial charge >= 0.3 is 0 Å². The molecule has 1 aliphatic rings. The Hall–Kier alpha value is -2.70. The first-order chi connectivity index (χ1) is 10.0. The van der Waals surface area contributed by atoms with E-state index in [4.69, 9.17) is 10.5 Å². The van der Waals surface area contributed by atoms with Crippen LogP contribution in [0.3, 0.4) is 0 Å². The molecule has 1 aliphatic heterocycles. The smallest absolute Gasteiger partial charge is 0.196 e. The molecule has 0 atom stereocenters. The minimum absolute atomic E-state index is 0.0509. The standard InChI is InChI=1S/C14H10F3N3O/c15-8-2-3-9(14(17)13(8)16)19-12-6-21-11-4-1-7(18)5-10(11)20-12/h1-5H,6,18H2,(H,19,20). The van der Waals surface area contributed by atoms with Gasteiger partial charge in [-0.15, -0.1) is 0 Å². The van der Waals surface area contributed by atoms with Gasteiger partial charge in [0.1, 0.15) is 23.9 Å². The number of hydrogen-bond donors (Lipinski definition) is 2. The molecule has 0 unspecified atom stereocenters. The highest BCUT2D eigenvalue weighted by Gasteiger charge is 2.17. The van der Waals surface area contributed by atoms with Gasteiger partial charge in [-0.1, -0.05) is 0 Å². The maximum Gasteiger partial charge on any atom is 0.196 e. The Balaban J connectivity index is 1.94. The Morgan fingerprint density at radius 2 is 1.90 bits per heavy atom. The lowest BCUT2D eigenvalue weighted by molar-refractivity contribution is 0.372. The van der Waals surface area contributed by atoms with E-state index in [-0.39, 0.29) is 18.1 Å². The fourth-order valence-corrected chi connectivity index (χ4v) is 1.92. The van der Waals surface area contributed by atoms with Crippen molar-refractivity contribution in [1.29, 1.82) is 0 Å². The zero-order chi connectivity index (χ0) is 15.0. The van der Waals surface area contributed by atoms with E-state index < -0.39 is 17.5 Å². The average molecular weight is 293 g/mol. The Morgan fingerprint density at radius 1 is 1.10 bits per heavy atom. The number of hydrogen-bond acceptors (Lipinski definition) is 3. The number of nitrogens with zero attached hydrogens (tertiary/aromatic N) is 1. The Labute approximate surface area is 118 Å². The summed E-state index contributed by atoms with van der Waals surface area (Å²) in [4.78, 5) is 3.91. The SMILES string of the molecule is Nc1ccc2c(c1)NC(=Nc1ccc(F)c(F)c1F)CO2. The lowest BCUT2D eigenvalue weighted by Gasteiger charge is -2.21. The van der Waals surface area contributed by atoms with Gasteiger partial charge in [-0.3, -0.25) is 0 Å². The Kier molecular flexibility index (Phi) is 3.17. The van der Waals surface area contributed by atoms with E-state index in [9.17, 15) is 13.2 Å². The molecule has 4 nitrogen and oxygen atoms in total.